The fourth-order valence-electron chi connectivity index (χ4n) is 3.40. The summed E-state index contributed by atoms with van der Waals surface area (Å²) in [6.45, 7) is 3.52. The van der Waals surface area contributed by atoms with E-state index in [1.54, 1.807) is 12.1 Å². The van der Waals surface area contributed by atoms with Crippen molar-refractivity contribution in [3.05, 3.63) is 22.2 Å². The highest BCUT2D eigenvalue weighted by atomic mass is 35.5. The van der Waals surface area contributed by atoms with Gasteiger partial charge in [0.2, 0.25) is 0 Å². The fraction of sp³-hybridized carbons (Fsp3) is 0.500. The van der Waals surface area contributed by atoms with E-state index in [1.807, 2.05) is 0 Å². The minimum Gasteiger partial charge on any atom is -0.362 e. The van der Waals surface area contributed by atoms with E-state index in [0.717, 1.165) is 23.7 Å². The van der Waals surface area contributed by atoms with E-state index < -0.39 is 0 Å². The monoisotopic (exact) mass is 311 g/mol. The number of anilines is 1. The minimum absolute atomic E-state index is 0.428. The zero-order chi connectivity index (χ0) is 13.7. The van der Waals surface area contributed by atoms with Gasteiger partial charge in [-0.15, -0.1) is 0 Å². The van der Waals surface area contributed by atoms with E-state index >= 15 is 0 Å². The molecule has 4 heterocycles. The van der Waals surface area contributed by atoms with Crippen molar-refractivity contribution in [3.8, 4) is 0 Å². The van der Waals surface area contributed by atoms with Crippen LogP contribution in [0.25, 0.3) is 11.0 Å². The maximum absolute atomic E-state index is 6.27. The van der Waals surface area contributed by atoms with E-state index in [2.05, 4.69) is 15.4 Å². The van der Waals surface area contributed by atoms with Crippen LogP contribution in [0.5, 0.6) is 0 Å². The van der Waals surface area contributed by atoms with Crippen molar-refractivity contribution in [1.29, 1.82) is 0 Å². The average molecular weight is 312 g/mol. The molecule has 1 atom stereocenters. The van der Waals surface area contributed by atoms with Crippen LogP contribution in [0.4, 0.5) is 5.82 Å². The quantitative estimate of drug-likeness (QED) is 0.919. The molecule has 2 bridgehead atoms. The van der Waals surface area contributed by atoms with Crippen LogP contribution in [0, 0.1) is 5.92 Å². The van der Waals surface area contributed by atoms with Gasteiger partial charge in [-0.05, 0) is 37.9 Å². The van der Waals surface area contributed by atoms with Gasteiger partial charge in [-0.2, -0.15) is 0 Å². The highest BCUT2D eigenvalue weighted by molar-refractivity contribution is 6.39. The lowest BCUT2D eigenvalue weighted by molar-refractivity contribution is 0.0973. The Morgan fingerprint density at radius 2 is 2.05 bits per heavy atom. The maximum atomic E-state index is 6.27. The third-order valence-electron chi connectivity index (χ3n) is 4.47. The van der Waals surface area contributed by atoms with Crippen LogP contribution < -0.4 is 5.32 Å². The van der Waals surface area contributed by atoms with Crippen LogP contribution in [0.2, 0.25) is 10.0 Å². The Balaban J connectivity index is 1.66. The van der Waals surface area contributed by atoms with Crippen LogP contribution in [0.15, 0.2) is 16.7 Å². The Hall–Kier alpha value is -0.970. The standard InChI is InChI=1S/C14H15Cl2N3O/c15-9-5-10(16)13-12(6-9)20-18-14(13)17-11-7-19-3-1-8(11)2-4-19/h5-6,8,11H,1-4,7H2,(H,17,18)/t11-/m0/s1. The second kappa shape index (κ2) is 4.79. The third-order valence-corrected chi connectivity index (χ3v) is 4.99. The van der Waals surface area contributed by atoms with Crippen molar-refractivity contribution in [3.63, 3.8) is 0 Å². The first-order valence-corrected chi connectivity index (χ1v) is 7.69. The van der Waals surface area contributed by atoms with Gasteiger partial charge in [0.1, 0.15) is 0 Å². The minimum atomic E-state index is 0.428. The highest BCUT2D eigenvalue weighted by Gasteiger charge is 2.34. The number of fused-ring (bicyclic) bond motifs is 4. The Morgan fingerprint density at radius 1 is 1.25 bits per heavy atom. The van der Waals surface area contributed by atoms with E-state index in [1.165, 1.54) is 25.9 Å². The number of aromatic nitrogens is 1. The van der Waals surface area contributed by atoms with Crippen molar-refractivity contribution in [2.45, 2.75) is 18.9 Å². The molecule has 5 rings (SSSR count). The number of benzene rings is 1. The lowest BCUT2D eigenvalue weighted by Crippen LogP contribution is -2.53. The molecule has 0 saturated carbocycles. The van der Waals surface area contributed by atoms with Crippen LogP contribution in [-0.4, -0.2) is 35.7 Å². The molecule has 1 N–H and O–H groups in total. The first kappa shape index (κ1) is 12.7. The molecule has 0 radical (unpaired) electrons. The first-order chi connectivity index (χ1) is 9.70. The summed E-state index contributed by atoms with van der Waals surface area (Å²) in [5.41, 5.74) is 0.631. The molecule has 20 heavy (non-hydrogen) atoms. The topological polar surface area (TPSA) is 41.3 Å². The first-order valence-electron chi connectivity index (χ1n) is 6.94. The number of hydrogen-bond donors (Lipinski definition) is 1. The van der Waals surface area contributed by atoms with Crippen molar-refractivity contribution in [2.75, 3.05) is 25.0 Å². The van der Waals surface area contributed by atoms with Gasteiger partial charge in [-0.25, -0.2) is 0 Å². The molecule has 3 aliphatic heterocycles. The van der Waals surface area contributed by atoms with E-state index in [4.69, 9.17) is 27.7 Å². The number of nitrogens with zero attached hydrogens (tertiary/aromatic N) is 2. The SMILES string of the molecule is Clc1cc(Cl)c2c(N[C@H]3CN4CCC3CC4)noc2c1. The third kappa shape index (κ3) is 2.07. The Kier molecular flexibility index (Phi) is 3.05. The van der Waals surface area contributed by atoms with Crippen molar-refractivity contribution < 1.29 is 4.52 Å². The summed E-state index contributed by atoms with van der Waals surface area (Å²) in [4.78, 5) is 2.50. The summed E-state index contributed by atoms with van der Waals surface area (Å²) in [6.07, 6.45) is 2.51. The van der Waals surface area contributed by atoms with Crippen LogP contribution in [-0.2, 0) is 0 Å². The molecule has 0 aliphatic carbocycles. The predicted molar refractivity (Wildman–Crippen MR) is 80.6 cm³/mol. The molecule has 1 aromatic carbocycles. The van der Waals surface area contributed by atoms with Gasteiger partial charge in [0, 0.05) is 23.7 Å². The molecule has 0 unspecified atom stereocenters. The van der Waals surface area contributed by atoms with Crippen molar-refractivity contribution in [2.24, 2.45) is 5.92 Å². The summed E-state index contributed by atoms with van der Waals surface area (Å²) in [7, 11) is 0. The molecule has 3 saturated heterocycles. The summed E-state index contributed by atoms with van der Waals surface area (Å²) in [5, 5.41) is 9.62. The molecule has 4 nitrogen and oxygen atoms in total. The Bertz CT molecular complexity index is 649. The molecule has 6 heteroatoms. The second-order valence-electron chi connectivity index (χ2n) is 5.68. The number of halogens is 2. The highest BCUT2D eigenvalue weighted by Crippen LogP contribution is 2.35. The van der Waals surface area contributed by atoms with Gasteiger partial charge in [-0.1, -0.05) is 28.4 Å². The van der Waals surface area contributed by atoms with E-state index in [-0.39, 0.29) is 0 Å². The van der Waals surface area contributed by atoms with Crippen LogP contribution in [0.3, 0.4) is 0 Å². The van der Waals surface area contributed by atoms with E-state index in [0.29, 0.717) is 21.7 Å². The Labute approximate surface area is 127 Å². The van der Waals surface area contributed by atoms with Crippen molar-refractivity contribution >= 4 is 40.0 Å². The molecule has 3 aliphatic rings. The van der Waals surface area contributed by atoms with Gasteiger partial charge in [0.15, 0.2) is 11.4 Å². The number of piperidine rings is 3. The van der Waals surface area contributed by atoms with Gasteiger partial charge < -0.3 is 14.7 Å². The predicted octanol–water partition coefficient (Wildman–Crippen LogP) is 3.64. The zero-order valence-electron chi connectivity index (χ0n) is 10.9. The number of nitrogens with one attached hydrogen (secondary N) is 1. The largest absolute Gasteiger partial charge is 0.362 e. The molecule has 2 aromatic rings. The molecule has 0 amide bonds. The molecular formula is C14H15Cl2N3O. The number of rotatable bonds is 2. The average Bonchev–Trinajstić information content (AvgIpc) is 2.83. The van der Waals surface area contributed by atoms with Crippen LogP contribution in [0.1, 0.15) is 12.8 Å². The lowest BCUT2D eigenvalue weighted by atomic mass is 9.84. The lowest BCUT2D eigenvalue weighted by Gasteiger charge is -2.44. The maximum Gasteiger partial charge on any atom is 0.179 e. The normalized spacial score (nSPS) is 29.0. The smallest absolute Gasteiger partial charge is 0.179 e. The van der Waals surface area contributed by atoms with Gasteiger partial charge in [0.05, 0.1) is 10.4 Å². The summed E-state index contributed by atoms with van der Waals surface area (Å²) >= 11 is 12.2. The summed E-state index contributed by atoms with van der Waals surface area (Å²) < 4.78 is 5.34. The van der Waals surface area contributed by atoms with E-state index in [9.17, 15) is 0 Å². The molecule has 1 aromatic heterocycles. The second-order valence-corrected chi connectivity index (χ2v) is 6.52. The Morgan fingerprint density at radius 3 is 2.75 bits per heavy atom. The van der Waals surface area contributed by atoms with Gasteiger partial charge in [-0.3, -0.25) is 0 Å². The number of hydrogen-bond acceptors (Lipinski definition) is 4. The van der Waals surface area contributed by atoms with Gasteiger partial charge in [0.25, 0.3) is 0 Å². The fourth-order valence-corrected chi connectivity index (χ4v) is 3.96. The summed E-state index contributed by atoms with van der Waals surface area (Å²) in [5.74, 6) is 1.46. The van der Waals surface area contributed by atoms with Crippen molar-refractivity contribution in [1.82, 2.24) is 10.1 Å². The molecule has 106 valence electrons. The molecular weight excluding hydrogens is 297 g/mol. The van der Waals surface area contributed by atoms with Crippen LogP contribution >= 0.6 is 23.2 Å². The van der Waals surface area contributed by atoms with Gasteiger partial charge >= 0.3 is 0 Å². The summed E-state index contributed by atoms with van der Waals surface area (Å²) in [6, 6.07) is 3.90. The molecule has 3 fully saturated rings. The zero-order valence-corrected chi connectivity index (χ0v) is 12.4. The molecule has 0 spiro atoms.